The van der Waals surface area contributed by atoms with E-state index >= 15 is 0 Å². The molecule has 0 aromatic heterocycles. The minimum Gasteiger partial charge on any atom is -0.409 e. The Morgan fingerprint density at radius 2 is 2.33 bits per heavy atom. The van der Waals surface area contributed by atoms with E-state index in [1.165, 1.54) is 12.1 Å². The van der Waals surface area contributed by atoms with Crippen LogP contribution in [0.4, 0.5) is 4.39 Å². The molecule has 1 amide bonds. The van der Waals surface area contributed by atoms with Gasteiger partial charge in [0.1, 0.15) is 5.82 Å². The number of hydrogen-bond acceptors (Lipinski definition) is 3. The minimum absolute atomic E-state index is 0.0486. The Kier molecular flexibility index (Phi) is 5.10. The van der Waals surface area contributed by atoms with Gasteiger partial charge in [-0.05, 0) is 24.1 Å². The third kappa shape index (κ3) is 4.04. The van der Waals surface area contributed by atoms with E-state index in [9.17, 15) is 9.18 Å². The molecule has 0 spiro atoms. The largest absolute Gasteiger partial charge is 0.409 e. The number of oxime groups is 1. The van der Waals surface area contributed by atoms with Gasteiger partial charge in [0, 0.05) is 0 Å². The molecule has 0 fully saturated rings. The van der Waals surface area contributed by atoms with Gasteiger partial charge in [-0.25, -0.2) is 4.39 Å². The van der Waals surface area contributed by atoms with Crippen LogP contribution in [-0.2, 0) is 11.2 Å². The monoisotopic (exact) mass is 253 g/mol. The highest BCUT2D eigenvalue weighted by Crippen LogP contribution is 2.04. The third-order valence-corrected chi connectivity index (χ3v) is 2.47. The van der Waals surface area contributed by atoms with Crippen LogP contribution in [0.25, 0.3) is 0 Å². The Morgan fingerprint density at radius 3 is 2.89 bits per heavy atom. The number of nitrogens with one attached hydrogen (secondary N) is 1. The summed E-state index contributed by atoms with van der Waals surface area (Å²) in [5.41, 5.74) is 5.99. The summed E-state index contributed by atoms with van der Waals surface area (Å²) in [6.07, 6.45) is 0.553. The van der Waals surface area contributed by atoms with E-state index in [0.29, 0.717) is 12.0 Å². The molecule has 6 heteroatoms. The normalized spacial score (nSPS) is 13.1. The van der Waals surface area contributed by atoms with Crippen molar-refractivity contribution in [2.75, 3.05) is 0 Å². The minimum atomic E-state index is -0.518. The van der Waals surface area contributed by atoms with E-state index < -0.39 is 6.04 Å². The summed E-state index contributed by atoms with van der Waals surface area (Å²) in [7, 11) is 0. The first kappa shape index (κ1) is 14.0. The average Bonchev–Trinajstić information content (AvgIpc) is 2.35. The van der Waals surface area contributed by atoms with Crippen LogP contribution in [0.15, 0.2) is 29.4 Å². The first-order chi connectivity index (χ1) is 8.56. The number of amidine groups is 1. The number of rotatable bonds is 5. The Morgan fingerprint density at radius 1 is 1.61 bits per heavy atom. The molecule has 1 rings (SSSR count). The van der Waals surface area contributed by atoms with Gasteiger partial charge in [-0.15, -0.1) is 0 Å². The Bertz CT molecular complexity index is 449. The van der Waals surface area contributed by atoms with Crippen LogP contribution in [0.5, 0.6) is 0 Å². The van der Waals surface area contributed by atoms with E-state index in [-0.39, 0.29) is 24.0 Å². The van der Waals surface area contributed by atoms with Gasteiger partial charge < -0.3 is 16.3 Å². The second-order valence-electron chi connectivity index (χ2n) is 3.86. The molecule has 0 saturated carbocycles. The van der Waals surface area contributed by atoms with E-state index in [0.717, 1.165) is 0 Å². The van der Waals surface area contributed by atoms with Crippen molar-refractivity contribution >= 4 is 11.7 Å². The van der Waals surface area contributed by atoms with Crippen molar-refractivity contribution in [3.05, 3.63) is 35.6 Å². The molecule has 0 radical (unpaired) electrons. The molecule has 0 bridgehead atoms. The smallest absolute Gasteiger partial charge is 0.225 e. The maximum atomic E-state index is 12.9. The van der Waals surface area contributed by atoms with Crippen LogP contribution < -0.4 is 11.1 Å². The fourth-order valence-corrected chi connectivity index (χ4v) is 1.53. The highest BCUT2D eigenvalue weighted by atomic mass is 19.1. The van der Waals surface area contributed by atoms with Crippen molar-refractivity contribution in [3.8, 4) is 0 Å². The van der Waals surface area contributed by atoms with Crippen LogP contribution in [0.3, 0.4) is 0 Å². The van der Waals surface area contributed by atoms with Crippen molar-refractivity contribution in [2.24, 2.45) is 10.9 Å². The summed E-state index contributed by atoms with van der Waals surface area (Å²) in [4.78, 5) is 11.7. The topological polar surface area (TPSA) is 87.7 Å². The van der Waals surface area contributed by atoms with E-state index in [4.69, 9.17) is 10.9 Å². The van der Waals surface area contributed by atoms with Crippen LogP contribution >= 0.6 is 0 Å². The summed E-state index contributed by atoms with van der Waals surface area (Å²) < 4.78 is 12.9. The molecule has 1 aromatic rings. The molecular weight excluding hydrogens is 237 g/mol. The Balaban J connectivity index is 2.61. The molecular formula is C12H16FN3O2. The van der Waals surface area contributed by atoms with Crippen LogP contribution in [0.2, 0.25) is 0 Å². The summed E-state index contributed by atoms with van der Waals surface area (Å²) in [5.74, 6) is -0.743. The molecule has 1 unspecified atom stereocenters. The van der Waals surface area contributed by atoms with E-state index in [1.54, 1.807) is 19.1 Å². The number of carbonyl (C=O) groups is 1. The SMILES string of the molecule is CCC(NC(=O)Cc1cccc(F)c1)/C(N)=N/O. The number of benzene rings is 1. The molecule has 1 atom stereocenters. The number of halogens is 1. The molecule has 0 aliphatic carbocycles. The number of nitrogens with zero attached hydrogens (tertiary/aromatic N) is 1. The van der Waals surface area contributed by atoms with Gasteiger partial charge in [-0.3, -0.25) is 4.79 Å². The van der Waals surface area contributed by atoms with Crippen molar-refractivity contribution in [3.63, 3.8) is 0 Å². The molecule has 18 heavy (non-hydrogen) atoms. The Hall–Kier alpha value is -2.11. The van der Waals surface area contributed by atoms with Crippen LogP contribution in [-0.4, -0.2) is 23.0 Å². The van der Waals surface area contributed by atoms with Gasteiger partial charge in [0.2, 0.25) is 5.91 Å². The molecule has 0 heterocycles. The highest BCUT2D eigenvalue weighted by molar-refractivity contribution is 5.90. The van der Waals surface area contributed by atoms with Gasteiger partial charge in [0.15, 0.2) is 5.84 Å². The standard InChI is InChI=1S/C12H16FN3O2/c1-2-10(12(14)16-18)15-11(17)7-8-4-3-5-9(13)6-8/h3-6,10,18H,2,7H2,1H3,(H2,14,16)(H,15,17). The molecule has 98 valence electrons. The Labute approximate surface area is 104 Å². The lowest BCUT2D eigenvalue weighted by molar-refractivity contribution is -0.120. The summed E-state index contributed by atoms with van der Waals surface area (Å²) in [5, 5.41) is 14.0. The fourth-order valence-electron chi connectivity index (χ4n) is 1.53. The summed E-state index contributed by atoms with van der Waals surface area (Å²) >= 11 is 0. The lowest BCUT2D eigenvalue weighted by Crippen LogP contribution is -2.44. The fraction of sp³-hybridized carbons (Fsp3) is 0.333. The summed E-state index contributed by atoms with van der Waals surface area (Å²) in [6, 6.07) is 5.29. The lowest BCUT2D eigenvalue weighted by atomic mass is 10.1. The highest BCUT2D eigenvalue weighted by Gasteiger charge is 2.14. The van der Waals surface area contributed by atoms with Gasteiger partial charge in [0.25, 0.3) is 0 Å². The molecule has 5 nitrogen and oxygen atoms in total. The quantitative estimate of drug-likeness (QED) is 0.317. The lowest BCUT2D eigenvalue weighted by Gasteiger charge is -2.15. The molecule has 0 aliphatic heterocycles. The summed E-state index contributed by atoms with van der Waals surface area (Å²) in [6.45, 7) is 1.80. The first-order valence-corrected chi connectivity index (χ1v) is 5.58. The maximum Gasteiger partial charge on any atom is 0.225 e. The third-order valence-electron chi connectivity index (χ3n) is 2.47. The molecule has 1 aromatic carbocycles. The molecule has 0 saturated heterocycles. The predicted octanol–water partition coefficient (Wildman–Crippen LogP) is 1.01. The maximum absolute atomic E-state index is 12.9. The van der Waals surface area contributed by atoms with E-state index in [2.05, 4.69) is 10.5 Å². The van der Waals surface area contributed by atoms with E-state index in [1.807, 2.05) is 0 Å². The second-order valence-corrected chi connectivity index (χ2v) is 3.86. The zero-order valence-electron chi connectivity index (χ0n) is 10.1. The average molecular weight is 253 g/mol. The van der Waals surface area contributed by atoms with Crippen molar-refractivity contribution in [1.82, 2.24) is 5.32 Å². The molecule has 0 aliphatic rings. The number of hydrogen-bond donors (Lipinski definition) is 3. The van der Waals surface area contributed by atoms with Crippen molar-refractivity contribution in [1.29, 1.82) is 0 Å². The number of carbonyl (C=O) groups excluding carboxylic acids is 1. The van der Waals surface area contributed by atoms with Crippen molar-refractivity contribution in [2.45, 2.75) is 25.8 Å². The van der Waals surface area contributed by atoms with Gasteiger partial charge >= 0.3 is 0 Å². The van der Waals surface area contributed by atoms with Gasteiger partial charge in [-0.1, -0.05) is 24.2 Å². The number of nitrogens with two attached hydrogens (primary N) is 1. The first-order valence-electron chi connectivity index (χ1n) is 5.58. The predicted molar refractivity (Wildman–Crippen MR) is 65.7 cm³/mol. The van der Waals surface area contributed by atoms with Crippen LogP contribution in [0, 0.1) is 5.82 Å². The second kappa shape index (κ2) is 6.58. The van der Waals surface area contributed by atoms with Gasteiger partial charge in [0.05, 0.1) is 12.5 Å². The zero-order valence-corrected chi connectivity index (χ0v) is 10.1. The van der Waals surface area contributed by atoms with Crippen LogP contribution in [0.1, 0.15) is 18.9 Å². The van der Waals surface area contributed by atoms with Crippen molar-refractivity contribution < 1.29 is 14.4 Å². The molecule has 4 N–H and O–H groups in total. The zero-order chi connectivity index (χ0) is 13.5. The number of amides is 1. The van der Waals surface area contributed by atoms with Gasteiger partial charge in [-0.2, -0.15) is 0 Å².